The summed E-state index contributed by atoms with van der Waals surface area (Å²) in [7, 11) is 0. The van der Waals surface area contributed by atoms with Crippen molar-refractivity contribution in [3.05, 3.63) is 14.7 Å². The van der Waals surface area contributed by atoms with Crippen LogP contribution in [-0.2, 0) is 6.54 Å². The van der Waals surface area contributed by atoms with E-state index in [2.05, 4.69) is 5.10 Å². The number of aliphatic hydroxyl groups excluding tert-OH is 1. The number of halogens is 3. The lowest BCUT2D eigenvalue weighted by atomic mass is 10.3. The second-order valence-corrected chi connectivity index (χ2v) is 3.77. The van der Waals surface area contributed by atoms with Crippen LogP contribution in [0.4, 0.5) is 13.2 Å². The van der Waals surface area contributed by atoms with Gasteiger partial charge in [0.25, 0.3) is 0 Å². The zero-order valence-corrected chi connectivity index (χ0v) is 7.89. The highest BCUT2D eigenvalue weighted by Gasteiger charge is 2.38. The fourth-order valence-electron chi connectivity index (χ4n) is 0.793. The van der Waals surface area contributed by atoms with Crippen LogP contribution in [0.15, 0.2) is 4.79 Å². The normalized spacial score (nSPS) is 14.4. The van der Waals surface area contributed by atoms with Gasteiger partial charge in [0.2, 0.25) is 0 Å². The Bertz CT molecular complexity index is 370. The lowest BCUT2D eigenvalue weighted by Gasteiger charge is -2.13. The SMILES string of the molecule is Cc1nn(CC(O)C(F)(F)F)c(=O)s1. The molecule has 80 valence electrons. The Morgan fingerprint density at radius 1 is 1.64 bits per heavy atom. The maximum absolute atomic E-state index is 11.9. The smallest absolute Gasteiger partial charge is 0.382 e. The summed E-state index contributed by atoms with van der Waals surface area (Å²) in [6, 6.07) is 0. The van der Waals surface area contributed by atoms with Crippen LogP contribution < -0.4 is 4.87 Å². The molecule has 1 atom stereocenters. The number of aliphatic hydroxyl groups is 1. The topological polar surface area (TPSA) is 55.1 Å². The van der Waals surface area contributed by atoms with Gasteiger partial charge in [-0.1, -0.05) is 11.3 Å². The minimum Gasteiger partial charge on any atom is -0.382 e. The molecular weight excluding hydrogens is 221 g/mol. The molecule has 1 rings (SSSR count). The summed E-state index contributed by atoms with van der Waals surface area (Å²) < 4.78 is 36.3. The minimum atomic E-state index is -4.73. The predicted octanol–water partition coefficient (Wildman–Crippen LogP) is 0.536. The quantitative estimate of drug-likeness (QED) is 0.803. The van der Waals surface area contributed by atoms with Gasteiger partial charge in [-0.3, -0.25) is 4.79 Å². The molecule has 0 amide bonds. The van der Waals surface area contributed by atoms with E-state index < -0.39 is 23.7 Å². The summed E-state index contributed by atoms with van der Waals surface area (Å²) in [6.07, 6.45) is -7.28. The van der Waals surface area contributed by atoms with Crippen LogP contribution in [0.3, 0.4) is 0 Å². The Hall–Kier alpha value is -0.890. The number of nitrogens with zero attached hydrogens (tertiary/aromatic N) is 2. The van der Waals surface area contributed by atoms with Gasteiger partial charge in [-0.15, -0.1) is 0 Å². The van der Waals surface area contributed by atoms with E-state index in [1.165, 1.54) is 6.92 Å². The Kier molecular flexibility index (Phi) is 2.95. The van der Waals surface area contributed by atoms with Crippen molar-refractivity contribution in [3.8, 4) is 0 Å². The highest BCUT2D eigenvalue weighted by Crippen LogP contribution is 2.20. The van der Waals surface area contributed by atoms with Crippen molar-refractivity contribution in [2.45, 2.75) is 25.7 Å². The van der Waals surface area contributed by atoms with Crippen molar-refractivity contribution in [3.63, 3.8) is 0 Å². The second-order valence-electron chi connectivity index (χ2n) is 2.63. The standard InChI is InChI=1S/C6H7F3N2O2S/c1-3-10-11(5(13)14-3)2-4(12)6(7,8)9/h4,12H,2H2,1H3. The molecular formula is C6H7F3N2O2S. The number of alkyl halides is 3. The summed E-state index contributed by atoms with van der Waals surface area (Å²) >= 11 is 0.740. The van der Waals surface area contributed by atoms with Crippen molar-refractivity contribution in [2.24, 2.45) is 0 Å². The van der Waals surface area contributed by atoms with E-state index >= 15 is 0 Å². The summed E-state index contributed by atoms with van der Waals surface area (Å²) in [4.78, 5) is 10.3. The maximum Gasteiger partial charge on any atom is 0.416 e. The number of hydrogen-bond acceptors (Lipinski definition) is 4. The summed E-state index contributed by atoms with van der Waals surface area (Å²) in [5, 5.41) is 12.5. The van der Waals surface area contributed by atoms with E-state index in [0.29, 0.717) is 9.69 Å². The Morgan fingerprint density at radius 3 is 2.57 bits per heavy atom. The van der Waals surface area contributed by atoms with Crippen molar-refractivity contribution < 1.29 is 18.3 Å². The highest BCUT2D eigenvalue weighted by atomic mass is 32.1. The van der Waals surface area contributed by atoms with Crippen LogP contribution >= 0.6 is 11.3 Å². The van der Waals surface area contributed by atoms with Gasteiger partial charge in [0.1, 0.15) is 5.01 Å². The molecule has 1 N–H and O–H groups in total. The van der Waals surface area contributed by atoms with Crippen LogP contribution in [0.1, 0.15) is 5.01 Å². The average molecular weight is 228 g/mol. The number of hydrogen-bond donors (Lipinski definition) is 1. The number of aromatic nitrogens is 2. The third kappa shape index (κ3) is 2.55. The zero-order chi connectivity index (χ0) is 10.9. The first kappa shape index (κ1) is 11.2. The third-order valence-corrected chi connectivity index (χ3v) is 2.19. The molecule has 1 heterocycles. The number of rotatable bonds is 2. The van der Waals surface area contributed by atoms with Gasteiger partial charge in [-0.2, -0.15) is 18.3 Å². The lowest BCUT2D eigenvalue weighted by molar-refractivity contribution is -0.208. The van der Waals surface area contributed by atoms with Gasteiger partial charge in [-0.05, 0) is 6.92 Å². The van der Waals surface area contributed by atoms with Crippen molar-refractivity contribution in [1.82, 2.24) is 9.78 Å². The first-order valence-corrected chi connectivity index (χ1v) is 4.41. The Labute approximate surface area is 80.6 Å². The van der Waals surface area contributed by atoms with E-state index in [9.17, 15) is 18.0 Å². The number of aryl methyl sites for hydroxylation is 1. The van der Waals surface area contributed by atoms with E-state index in [0.717, 1.165) is 11.3 Å². The largest absolute Gasteiger partial charge is 0.416 e. The molecule has 0 aliphatic carbocycles. The molecule has 8 heteroatoms. The zero-order valence-electron chi connectivity index (χ0n) is 7.08. The van der Waals surface area contributed by atoms with Gasteiger partial charge >= 0.3 is 11.0 Å². The highest BCUT2D eigenvalue weighted by molar-refractivity contribution is 7.08. The molecule has 14 heavy (non-hydrogen) atoms. The molecule has 0 aliphatic rings. The van der Waals surface area contributed by atoms with Gasteiger partial charge in [0.05, 0.1) is 6.54 Å². The Balaban J connectivity index is 2.79. The van der Waals surface area contributed by atoms with Crippen LogP contribution in [0.5, 0.6) is 0 Å². The fraction of sp³-hybridized carbons (Fsp3) is 0.667. The molecule has 0 bridgehead atoms. The average Bonchev–Trinajstić information content (AvgIpc) is 2.28. The van der Waals surface area contributed by atoms with E-state index in [1.807, 2.05) is 0 Å². The molecule has 0 aromatic carbocycles. The first-order valence-electron chi connectivity index (χ1n) is 3.60. The molecule has 0 aliphatic heterocycles. The Morgan fingerprint density at radius 2 is 2.21 bits per heavy atom. The van der Waals surface area contributed by atoms with Crippen molar-refractivity contribution >= 4 is 11.3 Å². The van der Waals surface area contributed by atoms with Gasteiger partial charge in [0.15, 0.2) is 6.10 Å². The lowest BCUT2D eigenvalue weighted by Crippen LogP contribution is -2.35. The summed E-state index contributed by atoms with van der Waals surface area (Å²) in [5.74, 6) is 0. The van der Waals surface area contributed by atoms with Crippen molar-refractivity contribution in [1.29, 1.82) is 0 Å². The minimum absolute atomic E-state index is 0.365. The van der Waals surface area contributed by atoms with E-state index in [4.69, 9.17) is 5.11 Å². The van der Waals surface area contributed by atoms with Crippen LogP contribution in [0, 0.1) is 6.92 Å². The fourth-order valence-corrected chi connectivity index (χ4v) is 1.41. The summed E-state index contributed by atoms with van der Waals surface area (Å²) in [6.45, 7) is 0.648. The third-order valence-electron chi connectivity index (χ3n) is 1.43. The molecule has 0 saturated carbocycles. The van der Waals surface area contributed by atoms with Gasteiger partial charge in [0, 0.05) is 0 Å². The molecule has 0 radical (unpaired) electrons. The molecule has 1 unspecified atom stereocenters. The molecule has 0 fully saturated rings. The molecule has 0 saturated heterocycles. The van der Waals surface area contributed by atoms with Crippen LogP contribution in [-0.4, -0.2) is 27.2 Å². The monoisotopic (exact) mass is 228 g/mol. The van der Waals surface area contributed by atoms with Gasteiger partial charge in [-0.25, -0.2) is 4.68 Å². The van der Waals surface area contributed by atoms with E-state index in [1.54, 1.807) is 0 Å². The first-order chi connectivity index (χ1) is 6.30. The molecule has 1 aromatic rings. The van der Waals surface area contributed by atoms with Crippen LogP contribution in [0.25, 0.3) is 0 Å². The van der Waals surface area contributed by atoms with Gasteiger partial charge < -0.3 is 5.11 Å². The maximum atomic E-state index is 11.9. The molecule has 1 aromatic heterocycles. The summed E-state index contributed by atoms with van der Waals surface area (Å²) in [5.41, 5.74) is 0. The van der Waals surface area contributed by atoms with Crippen LogP contribution in [0.2, 0.25) is 0 Å². The molecule has 0 spiro atoms. The predicted molar refractivity (Wildman–Crippen MR) is 43.2 cm³/mol. The second kappa shape index (κ2) is 3.70. The van der Waals surface area contributed by atoms with Crippen molar-refractivity contribution in [2.75, 3.05) is 0 Å². The van der Waals surface area contributed by atoms with E-state index in [-0.39, 0.29) is 0 Å². The molecule has 4 nitrogen and oxygen atoms in total.